The van der Waals surface area contributed by atoms with Crippen molar-refractivity contribution in [3.63, 3.8) is 0 Å². The molecule has 132 valence electrons. The van der Waals surface area contributed by atoms with Crippen LogP contribution in [0.15, 0.2) is 54.6 Å². The van der Waals surface area contributed by atoms with E-state index in [1.54, 1.807) is 12.1 Å². The van der Waals surface area contributed by atoms with Gasteiger partial charge in [0.05, 0.1) is 6.04 Å². The molecule has 5 heteroatoms. The second-order valence-corrected chi connectivity index (χ2v) is 6.36. The molecule has 0 spiro atoms. The van der Waals surface area contributed by atoms with E-state index in [9.17, 15) is 9.18 Å². The second kappa shape index (κ2) is 8.62. The number of hydrogen-bond donors (Lipinski definition) is 2. The average molecular weight is 341 g/mol. The van der Waals surface area contributed by atoms with Crippen LogP contribution in [0.4, 0.5) is 9.18 Å². The third kappa shape index (κ3) is 5.03. The summed E-state index contributed by atoms with van der Waals surface area (Å²) in [6.07, 6.45) is 2.42. The summed E-state index contributed by atoms with van der Waals surface area (Å²) in [5.41, 5.74) is 2.10. The Hall–Kier alpha value is -2.40. The summed E-state index contributed by atoms with van der Waals surface area (Å²) in [4.78, 5) is 14.5. The Bertz CT molecular complexity index is 669. The van der Waals surface area contributed by atoms with Crippen LogP contribution in [0.1, 0.15) is 30.0 Å². The summed E-state index contributed by atoms with van der Waals surface area (Å²) in [6, 6.07) is 16.4. The minimum absolute atomic E-state index is 0.195. The van der Waals surface area contributed by atoms with E-state index in [-0.39, 0.29) is 17.9 Å². The molecule has 25 heavy (non-hydrogen) atoms. The van der Waals surface area contributed by atoms with E-state index >= 15 is 0 Å². The minimum atomic E-state index is -0.274. The lowest BCUT2D eigenvalue weighted by Gasteiger charge is -2.28. The normalized spacial score (nSPS) is 15.7. The molecule has 2 amide bonds. The van der Waals surface area contributed by atoms with E-state index in [2.05, 4.69) is 27.7 Å². The zero-order valence-corrected chi connectivity index (χ0v) is 14.2. The quantitative estimate of drug-likeness (QED) is 0.845. The van der Waals surface area contributed by atoms with E-state index in [0.717, 1.165) is 18.7 Å². The molecule has 0 radical (unpaired) electrons. The van der Waals surface area contributed by atoms with E-state index < -0.39 is 0 Å². The Morgan fingerprint density at radius 1 is 1.00 bits per heavy atom. The molecule has 3 rings (SSSR count). The van der Waals surface area contributed by atoms with Crippen LogP contribution in [0.2, 0.25) is 0 Å². The maximum absolute atomic E-state index is 12.9. The van der Waals surface area contributed by atoms with Gasteiger partial charge in [0.2, 0.25) is 0 Å². The first-order valence-electron chi connectivity index (χ1n) is 8.77. The van der Waals surface area contributed by atoms with E-state index in [0.29, 0.717) is 13.1 Å². The van der Waals surface area contributed by atoms with Crippen molar-refractivity contribution in [3.8, 4) is 0 Å². The summed E-state index contributed by atoms with van der Waals surface area (Å²) in [5, 5.41) is 5.80. The van der Waals surface area contributed by atoms with Crippen LogP contribution < -0.4 is 10.6 Å². The fraction of sp³-hybridized carbons (Fsp3) is 0.350. The van der Waals surface area contributed by atoms with Crippen LogP contribution in [0.5, 0.6) is 0 Å². The highest BCUT2D eigenvalue weighted by Gasteiger charge is 2.23. The van der Waals surface area contributed by atoms with Crippen molar-refractivity contribution >= 4 is 6.03 Å². The van der Waals surface area contributed by atoms with Crippen LogP contribution in [0.3, 0.4) is 0 Å². The fourth-order valence-corrected chi connectivity index (χ4v) is 3.22. The minimum Gasteiger partial charge on any atom is -0.336 e. The van der Waals surface area contributed by atoms with Gasteiger partial charge in [0.1, 0.15) is 5.82 Å². The molecule has 1 fully saturated rings. The van der Waals surface area contributed by atoms with Crippen molar-refractivity contribution in [2.45, 2.75) is 25.4 Å². The molecule has 1 atom stereocenters. The Balaban J connectivity index is 1.53. The van der Waals surface area contributed by atoms with Gasteiger partial charge in [-0.3, -0.25) is 4.90 Å². The number of carbonyl (C=O) groups excluding carboxylic acids is 1. The number of nitrogens with one attached hydrogen (secondary N) is 2. The summed E-state index contributed by atoms with van der Waals surface area (Å²) in [5.74, 6) is -0.274. The zero-order chi connectivity index (χ0) is 17.5. The molecule has 0 bridgehead atoms. The molecular formula is C20H24FN3O. The zero-order valence-electron chi connectivity index (χ0n) is 14.2. The molecule has 2 aromatic carbocycles. The Kier molecular flexibility index (Phi) is 6.01. The van der Waals surface area contributed by atoms with Gasteiger partial charge in [-0.1, -0.05) is 42.5 Å². The number of hydrogen-bond acceptors (Lipinski definition) is 2. The molecule has 0 saturated carbocycles. The molecule has 2 aromatic rings. The van der Waals surface area contributed by atoms with Gasteiger partial charge in [0.25, 0.3) is 0 Å². The van der Waals surface area contributed by atoms with Crippen LogP contribution >= 0.6 is 0 Å². The SMILES string of the molecule is O=C(NCc1ccc(F)cc1)NCC(c1ccccc1)N1CCCC1. The predicted molar refractivity (Wildman–Crippen MR) is 96.6 cm³/mol. The molecule has 1 heterocycles. The van der Waals surface area contributed by atoms with Crippen molar-refractivity contribution in [3.05, 3.63) is 71.5 Å². The Morgan fingerprint density at radius 2 is 1.68 bits per heavy atom. The first-order chi connectivity index (χ1) is 12.2. The largest absolute Gasteiger partial charge is 0.336 e. The highest BCUT2D eigenvalue weighted by atomic mass is 19.1. The summed E-state index contributed by atoms with van der Waals surface area (Å²) in [7, 11) is 0. The van der Waals surface area contributed by atoms with Crippen molar-refractivity contribution in [1.29, 1.82) is 0 Å². The van der Waals surface area contributed by atoms with E-state index in [1.165, 1.54) is 30.5 Å². The van der Waals surface area contributed by atoms with Crippen LogP contribution in [0.25, 0.3) is 0 Å². The van der Waals surface area contributed by atoms with E-state index in [4.69, 9.17) is 0 Å². The maximum Gasteiger partial charge on any atom is 0.315 e. The average Bonchev–Trinajstić information content (AvgIpc) is 3.17. The van der Waals surface area contributed by atoms with Crippen LogP contribution in [-0.2, 0) is 6.54 Å². The number of benzene rings is 2. The molecule has 4 nitrogen and oxygen atoms in total. The van der Waals surface area contributed by atoms with Gasteiger partial charge in [-0.05, 0) is 49.2 Å². The number of amides is 2. The monoisotopic (exact) mass is 341 g/mol. The lowest BCUT2D eigenvalue weighted by molar-refractivity contribution is 0.220. The lowest BCUT2D eigenvalue weighted by atomic mass is 10.1. The van der Waals surface area contributed by atoms with Gasteiger partial charge in [-0.25, -0.2) is 9.18 Å². The summed E-state index contributed by atoms with van der Waals surface area (Å²) in [6.45, 7) is 3.09. The van der Waals surface area contributed by atoms with Crippen molar-refractivity contribution in [1.82, 2.24) is 15.5 Å². The Morgan fingerprint density at radius 3 is 2.36 bits per heavy atom. The van der Waals surface area contributed by atoms with Gasteiger partial charge in [-0.2, -0.15) is 0 Å². The smallest absolute Gasteiger partial charge is 0.315 e. The van der Waals surface area contributed by atoms with Crippen LogP contribution in [-0.4, -0.2) is 30.6 Å². The van der Waals surface area contributed by atoms with Crippen LogP contribution in [0, 0.1) is 5.82 Å². The highest BCUT2D eigenvalue weighted by Crippen LogP contribution is 2.24. The predicted octanol–water partition coefficient (Wildman–Crippen LogP) is 3.46. The van der Waals surface area contributed by atoms with Crippen molar-refractivity contribution in [2.24, 2.45) is 0 Å². The molecule has 2 N–H and O–H groups in total. The van der Waals surface area contributed by atoms with Gasteiger partial charge in [0.15, 0.2) is 0 Å². The number of likely N-dealkylation sites (tertiary alicyclic amines) is 1. The first-order valence-corrected chi connectivity index (χ1v) is 8.77. The lowest BCUT2D eigenvalue weighted by Crippen LogP contribution is -2.41. The van der Waals surface area contributed by atoms with Gasteiger partial charge >= 0.3 is 6.03 Å². The van der Waals surface area contributed by atoms with Gasteiger partial charge in [-0.15, -0.1) is 0 Å². The van der Waals surface area contributed by atoms with Gasteiger partial charge in [0, 0.05) is 13.1 Å². The molecule has 1 saturated heterocycles. The first kappa shape index (κ1) is 17.4. The number of rotatable bonds is 6. The number of carbonyl (C=O) groups is 1. The standard InChI is InChI=1S/C20H24FN3O/c21-18-10-8-16(9-11-18)14-22-20(25)23-15-19(24-12-4-5-13-24)17-6-2-1-3-7-17/h1-3,6-11,19H,4-5,12-15H2,(H2,22,23,25). The third-order valence-electron chi connectivity index (χ3n) is 4.59. The molecule has 1 aliphatic heterocycles. The Labute approximate surface area is 148 Å². The molecular weight excluding hydrogens is 317 g/mol. The van der Waals surface area contributed by atoms with Crippen molar-refractivity contribution < 1.29 is 9.18 Å². The number of urea groups is 1. The van der Waals surface area contributed by atoms with E-state index in [1.807, 2.05) is 18.2 Å². The summed E-state index contributed by atoms with van der Waals surface area (Å²) < 4.78 is 12.9. The molecule has 1 aliphatic rings. The summed E-state index contributed by atoms with van der Waals surface area (Å²) >= 11 is 0. The molecule has 1 unspecified atom stereocenters. The topological polar surface area (TPSA) is 44.4 Å². The van der Waals surface area contributed by atoms with Crippen molar-refractivity contribution in [2.75, 3.05) is 19.6 Å². The van der Waals surface area contributed by atoms with Gasteiger partial charge < -0.3 is 10.6 Å². The molecule has 0 aliphatic carbocycles. The number of halogens is 1. The highest BCUT2D eigenvalue weighted by molar-refractivity contribution is 5.73. The number of nitrogens with zero attached hydrogens (tertiary/aromatic N) is 1. The second-order valence-electron chi connectivity index (χ2n) is 6.36. The fourth-order valence-electron chi connectivity index (χ4n) is 3.22. The third-order valence-corrected chi connectivity index (χ3v) is 4.59. The maximum atomic E-state index is 12.9. The molecule has 0 aromatic heterocycles.